The van der Waals surface area contributed by atoms with Crippen molar-refractivity contribution in [2.75, 3.05) is 0 Å². The van der Waals surface area contributed by atoms with Crippen LogP contribution in [0, 0.1) is 11.8 Å². The maximum atomic E-state index is 4.66. The fourth-order valence-corrected chi connectivity index (χ4v) is 6.72. The minimum absolute atomic E-state index is 0.0392. The first-order valence-corrected chi connectivity index (χ1v) is 15.2. The van der Waals surface area contributed by atoms with Gasteiger partial charge in [0.15, 0.2) is 0 Å². The van der Waals surface area contributed by atoms with Crippen molar-refractivity contribution in [1.82, 2.24) is 0 Å². The molecule has 0 spiro atoms. The molecule has 0 aromatic heterocycles. The summed E-state index contributed by atoms with van der Waals surface area (Å²) in [6, 6.07) is 0. The van der Waals surface area contributed by atoms with Crippen LogP contribution in [0.3, 0.4) is 0 Å². The Labute approximate surface area is 169 Å². The van der Waals surface area contributed by atoms with E-state index in [4.69, 9.17) is 0 Å². The molecule has 0 aromatic rings. The summed E-state index contributed by atoms with van der Waals surface area (Å²) in [7, 11) is 0. The third-order valence-electron chi connectivity index (χ3n) is 3.70. The molecule has 0 aliphatic rings. The Hall–Kier alpha value is 0.993. The summed E-state index contributed by atoms with van der Waals surface area (Å²) in [6.07, 6.45) is 15.0. The summed E-state index contributed by atoms with van der Waals surface area (Å²) in [5.41, 5.74) is 4.66. The van der Waals surface area contributed by atoms with E-state index in [1.165, 1.54) is 51.4 Å². The second kappa shape index (κ2) is 21.0. The zero-order chi connectivity index (χ0) is 17.9. The SMILES string of the molecule is CC(C)CCCCC[CH2][Bi+][CH2]CCCCCC(C)C.NC(=S)[S-]. The van der Waals surface area contributed by atoms with Crippen LogP contribution >= 0.6 is 12.2 Å². The number of unbranched alkanes of at least 4 members (excludes halogenated alkanes) is 6. The number of nitrogens with two attached hydrogens (primary N) is 1. The molecule has 0 unspecified atom stereocenters. The molecule has 0 heterocycles. The van der Waals surface area contributed by atoms with Crippen LogP contribution in [0.15, 0.2) is 0 Å². The molecule has 0 atom stereocenters. The van der Waals surface area contributed by atoms with Crippen LogP contribution in [0.1, 0.15) is 91.9 Å². The number of hydrogen-bond donors (Lipinski definition) is 1. The van der Waals surface area contributed by atoms with Gasteiger partial charge in [0, 0.05) is 0 Å². The second-order valence-corrected chi connectivity index (χ2v) is 13.5. The molecule has 0 aliphatic carbocycles. The van der Waals surface area contributed by atoms with Crippen molar-refractivity contribution in [2.45, 2.75) is 100 Å². The Morgan fingerprint density at radius 3 is 1.39 bits per heavy atom. The smallest absolute Gasteiger partial charge is 0.0708 e. The third-order valence-corrected chi connectivity index (χ3v) is 8.61. The fourth-order valence-electron chi connectivity index (χ4n) is 2.37. The van der Waals surface area contributed by atoms with Crippen molar-refractivity contribution < 1.29 is 0 Å². The molecule has 1 nitrogen and oxygen atoms in total. The zero-order valence-corrected chi connectivity index (χ0v) is 21.1. The summed E-state index contributed by atoms with van der Waals surface area (Å²) in [5, 5.41) is 0. The van der Waals surface area contributed by atoms with Crippen LogP contribution in [-0.4, -0.2) is 27.6 Å². The van der Waals surface area contributed by atoms with Gasteiger partial charge >= 0.3 is 135 Å². The Kier molecular flexibility index (Phi) is 24.0. The van der Waals surface area contributed by atoms with E-state index in [2.05, 4.69) is 58.3 Å². The van der Waals surface area contributed by atoms with Gasteiger partial charge in [-0.15, -0.1) is 0 Å². The van der Waals surface area contributed by atoms with Crippen molar-refractivity contribution in [2.24, 2.45) is 17.6 Å². The molecular formula is C19H40BiNS2. The first-order chi connectivity index (χ1) is 10.9. The van der Waals surface area contributed by atoms with Crippen molar-refractivity contribution in [3.8, 4) is 0 Å². The predicted octanol–water partition coefficient (Wildman–Crippen LogP) is 6.52. The van der Waals surface area contributed by atoms with Gasteiger partial charge in [-0.05, 0) is 0 Å². The molecule has 23 heavy (non-hydrogen) atoms. The van der Waals surface area contributed by atoms with Gasteiger partial charge in [0.25, 0.3) is 0 Å². The van der Waals surface area contributed by atoms with Gasteiger partial charge in [-0.1, -0.05) is 4.32 Å². The monoisotopic (exact) mass is 555 g/mol. The molecular weight excluding hydrogens is 515 g/mol. The molecule has 2 N–H and O–H groups in total. The summed E-state index contributed by atoms with van der Waals surface area (Å²) < 4.78 is 3.40. The van der Waals surface area contributed by atoms with Crippen LogP contribution < -0.4 is 5.73 Å². The standard InChI is InChI=1S/2C9H19.CH3NS2.Bi/c2*1-4-5-6-7-8-9(2)3;2-1(3)4;/h2*9H,1,4-8H2,2-3H3;(H3,2,3,4);/q;;;+1/p-1. The van der Waals surface area contributed by atoms with Crippen LogP contribution in [-0.2, 0) is 12.6 Å². The Balaban J connectivity index is 0. The summed E-state index contributed by atoms with van der Waals surface area (Å²) in [6.45, 7) is 9.37. The van der Waals surface area contributed by atoms with Gasteiger partial charge in [0.2, 0.25) is 0 Å². The van der Waals surface area contributed by atoms with E-state index >= 15 is 0 Å². The van der Waals surface area contributed by atoms with Gasteiger partial charge in [0.1, 0.15) is 0 Å². The second-order valence-electron chi connectivity index (χ2n) is 7.18. The Morgan fingerprint density at radius 1 is 0.783 bits per heavy atom. The molecule has 0 amide bonds. The van der Waals surface area contributed by atoms with E-state index in [0.29, 0.717) is 0 Å². The maximum absolute atomic E-state index is 4.66. The van der Waals surface area contributed by atoms with E-state index in [-0.39, 0.29) is 27.6 Å². The van der Waals surface area contributed by atoms with E-state index in [9.17, 15) is 0 Å². The fraction of sp³-hybridized carbons (Fsp3) is 0.947. The summed E-state index contributed by atoms with van der Waals surface area (Å²) >= 11 is 8.22. The minimum atomic E-state index is -0.0392. The average molecular weight is 556 g/mol. The molecule has 0 aromatic carbocycles. The minimum Gasteiger partial charge on any atom is -0.415 e. The summed E-state index contributed by atoms with van der Waals surface area (Å²) in [4.78, 5) is 0. The number of thiocarbonyl (C=S) groups is 1. The van der Waals surface area contributed by atoms with Gasteiger partial charge in [0.05, 0.1) is 0 Å². The molecule has 0 fully saturated rings. The zero-order valence-electron chi connectivity index (χ0n) is 16.0. The van der Waals surface area contributed by atoms with Gasteiger partial charge < -0.3 is 30.6 Å². The Bertz CT molecular complexity index is 224. The quantitative estimate of drug-likeness (QED) is 0.114. The molecule has 0 aliphatic heterocycles. The number of rotatable bonds is 14. The molecule has 0 bridgehead atoms. The largest absolute Gasteiger partial charge is 0.415 e. The Morgan fingerprint density at radius 2 is 1.09 bits per heavy atom. The molecule has 2 radical (unpaired) electrons. The topological polar surface area (TPSA) is 26.0 Å². The van der Waals surface area contributed by atoms with Crippen molar-refractivity contribution in [3.05, 3.63) is 0 Å². The maximum Gasteiger partial charge on any atom is -0.0708 e. The number of hydrogen-bond acceptors (Lipinski definition) is 2. The third kappa shape index (κ3) is 35.1. The van der Waals surface area contributed by atoms with E-state index in [1.54, 1.807) is 21.1 Å². The molecule has 4 heteroatoms. The normalized spacial score (nSPS) is 10.7. The van der Waals surface area contributed by atoms with Crippen molar-refractivity contribution >= 4 is 52.4 Å². The van der Waals surface area contributed by atoms with Crippen molar-refractivity contribution in [1.29, 1.82) is 0 Å². The van der Waals surface area contributed by atoms with Gasteiger partial charge in [-0.3, -0.25) is 0 Å². The first-order valence-electron chi connectivity index (χ1n) is 9.46. The van der Waals surface area contributed by atoms with Gasteiger partial charge in [-0.2, -0.15) is 0 Å². The van der Waals surface area contributed by atoms with Crippen LogP contribution in [0.5, 0.6) is 0 Å². The van der Waals surface area contributed by atoms with E-state index < -0.39 is 0 Å². The molecule has 0 saturated carbocycles. The molecule has 138 valence electrons. The van der Waals surface area contributed by atoms with Gasteiger partial charge in [-0.25, -0.2) is 0 Å². The predicted molar refractivity (Wildman–Crippen MR) is 115 cm³/mol. The average Bonchev–Trinajstić information content (AvgIpc) is 2.42. The van der Waals surface area contributed by atoms with Crippen LogP contribution in [0.25, 0.3) is 0 Å². The first kappa shape index (κ1) is 26.2. The van der Waals surface area contributed by atoms with Crippen molar-refractivity contribution in [3.63, 3.8) is 0 Å². The van der Waals surface area contributed by atoms with E-state index in [0.717, 1.165) is 11.8 Å². The van der Waals surface area contributed by atoms with E-state index in [1.807, 2.05) is 0 Å². The molecule has 0 rings (SSSR count). The summed E-state index contributed by atoms with van der Waals surface area (Å²) in [5.74, 6) is 1.82. The van der Waals surface area contributed by atoms with Crippen LogP contribution in [0.2, 0.25) is 8.26 Å². The molecule has 0 saturated heterocycles. The van der Waals surface area contributed by atoms with Crippen LogP contribution in [0.4, 0.5) is 0 Å².